The van der Waals surface area contributed by atoms with Crippen LogP contribution in [0.3, 0.4) is 0 Å². The molecule has 3 heteroatoms. The van der Waals surface area contributed by atoms with Crippen LogP contribution in [-0.4, -0.2) is 17.2 Å². The molecule has 0 amide bonds. The fourth-order valence-electron chi connectivity index (χ4n) is 2.89. The van der Waals surface area contributed by atoms with Crippen LogP contribution >= 0.6 is 0 Å². The highest BCUT2D eigenvalue weighted by molar-refractivity contribution is 5.84. The largest absolute Gasteiger partial charge is 0.497 e. The number of hydrogen-bond acceptors (Lipinski definition) is 3. The van der Waals surface area contributed by atoms with Crippen LogP contribution in [0, 0.1) is 5.92 Å². The zero-order chi connectivity index (χ0) is 16.2. The Morgan fingerprint density at radius 2 is 1.87 bits per heavy atom. The third kappa shape index (κ3) is 3.51. The lowest BCUT2D eigenvalue weighted by Gasteiger charge is -2.19. The van der Waals surface area contributed by atoms with E-state index in [0.717, 1.165) is 23.1 Å². The SMILES string of the molecule is COc1ccc2cc(CC(C)C(O)c3cccnc3)ccc2c1. The molecule has 1 heterocycles. The minimum atomic E-state index is -0.504. The molecular formula is C20H21NO2. The highest BCUT2D eigenvalue weighted by Gasteiger charge is 2.17. The summed E-state index contributed by atoms with van der Waals surface area (Å²) in [6, 6.07) is 16.3. The van der Waals surface area contributed by atoms with E-state index in [1.165, 1.54) is 10.9 Å². The molecule has 2 atom stereocenters. The van der Waals surface area contributed by atoms with Crippen LogP contribution in [0.15, 0.2) is 60.9 Å². The van der Waals surface area contributed by atoms with E-state index in [1.807, 2.05) is 24.3 Å². The molecule has 3 aromatic rings. The van der Waals surface area contributed by atoms with Gasteiger partial charge in [0.1, 0.15) is 5.75 Å². The van der Waals surface area contributed by atoms with Gasteiger partial charge < -0.3 is 9.84 Å². The molecule has 0 saturated carbocycles. The van der Waals surface area contributed by atoms with Crippen LogP contribution in [0.4, 0.5) is 0 Å². The van der Waals surface area contributed by atoms with E-state index in [4.69, 9.17) is 4.74 Å². The molecular weight excluding hydrogens is 286 g/mol. The molecule has 118 valence electrons. The predicted octanol–water partition coefficient (Wildman–Crippen LogP) is 4.16. The second kappa shape index (κ2) is 6.80. The third-order valence-corrected chi connectivity index (χ3v) is 4.23. The van der Waals surface area contributed by atoms with Crippen molar-refractivity contribution in [3.05, 3.63) is 72.1 Å². The van der Waals surface area contributed by atoms with Crippen LogP contribution in [0.5, 0.6) is 5.75 Å². The molecule has 0 aliphatic carbocycles. The molecule has 0 spiro atoms. The molecule has 0 aliphatic rings. The first-order valence-electron chi connectivity index (χ1n) is 7.82. The average Bonchev–Trinajstić information content (AvgIpc) is 2.61. The summed E-state index contributed by atoms with van der Waals surface area (Å²) in [5.74, 6) is 0.987. The number of aromatic nitrogens is 1. The summed E-state index contributed by atoms with van der Waals surface area (Å²) >= 11 is 0. The molecule has 1 aromatic heterocycles. The highest BCUT2D eigenvalue weighted by Crippen LogP contribution is 2.27. The van der Waals surface area contributed by atoms with E-state index in [2.05, 4.69) is 36.2 Å². The normalized spacial score (nSPS) is 13.7. The Hall–Kier alpha value is -2.39. The molecule has 0 radical (unpaired) electrons. The maximum Gasteiger partial charge on any atom is 0.119 e. The summed E-state index contributed by atoms with van der Waals surface area (Å²) in [4.78, 5) is 4.08. The average molecular weight is 307 g/mol. The van der Waals surface area contributed by atoms with Gasteiger partial charge in [-0.2, -0.15) is 0 Å². The van der Waals surface area contributed by atoms with E-state index in [1.54, 1.807) is 19.5 Å². The molecule has 0 bridgehead atoms. The van der Waals surface area contributed by atoms with Crippen molar-refractivity contribution in [2.45, 2.75) is 19.4 Å². The van der Waals surface area contributed by atoms with Crippen molar-refractivity contribution >= 4 is 10.8 Å². The topological polar surface area (TPSA) is 42.4 Å². The summed E-state index contributed by atoms with van der Waals surface area (Å²) in [7, 11) is 1.68. The van der Waals surface area contributed by atoms with Crippen molar-refractivity contribution in [2.75, 3.05) is 7.11 Å². The number of nitrogens with zero attached hydrogens (tertiary/aromatic N) is 1. The number of fused-ring (bicyclic) bond motifs is 1. The maximum absolute atomic E-state index is 10.5. The van der Waals surface area contributed by atoms with E-state index >= 15 is 0 Å². The fraction of sp³-hybridized carbons (Fsp3) is 0.250. The number of benzene rings is 2. The number of pyridine rings is 1. The summed E-state index contributed by atoms with van der Waals surface area (Å²) in [5.41, 5.74) is 2.09. The van der Waals surface area contributed by atoms with Gasteiger partial charge in [0.15, 0.2) is 0 Å². The first-order valence-corrected chi connectivity index (χ1v) is 7.82. The lowest BCUT2D eigenvalue weighted by atomic mass is 9.91. The summed E-state index contributed by atoms with van der Waals surface area (Å²) < 4.78 is 5.26. The Morgan fingerprint density at radius 3 is 2.61 bits per heavy atom. The lowest BCUT2D eigenvalue weighted by Crippen LogP contribution is -2.12. The molecule has 3 rings (SSSR count). The van der Waals surface area contributed by atoms with Crippen molar-refractivity contribution in [1.82, 2.24) is 4.98 Å². The van der Waals surface area contributed by atoms with Crippen molar-refractivity contribution < 1.29 is 9.84 Å². The van der Waals surface area contributed by atoms with E-state index in [9.17, 15) is 5.11 Å². The van der Waals surface area contributed by atoms with Crippen molar-refractivity contribution in [2.24, 2.45) is 5.92 Å². The molecule has 0 aliphatic heterocycles. The Balaban J connectivity index is 1.78. The van der Waals surface area contributed by atoms with Gasteiger partial charge in [-0.25, -0.2) is 0 Å². The predicted molar refractivity (Wildman–Crippen MR) is 92.6 cm³/mol. The number of aliphatic hydroxyl groups is 1. The Morgan fingerprint density at radius 1 is 1.09 bits per heavy atom. The highest BCUT2D eigenvalue weighted by atomic mass is 16.5. The minimum absolute atomic E-state index is 0.120. The summed E-state index contributed by atoms with van der Waals surface area (Å²) in [6.45, 7) is 2.07. The van der Waals surface area contributed by atoms with Crippen molar-refractivity contribution in [1.29, 1.82) is 0 Å². The minimum Gasteiger partial charge on any atom is -0.497 e. The first-order chi connectivity index (χ1) is 11.2. The molecule has 1 N–H and O–H groups in total. The number of rotatable bonds is 5. The summed E-state index contributed by atoms with van der Waals surface area (Å²) in [6.07, 6.45) is 3.76. The second-order valence-corrected chi connectivity index (χ2v) is 5.96. The summed E-state index contributed by atoms with van der Waals surface area (Å²) in [5, 5.41) is 12.8. The standard InChI is InChI=1S/C20H21NO2/c1-14(20(22)18-4-3-9-21-13-18)10-15-5-6-17-12-19(23-2)8-7-16(17)11-15/h3-9,11-14,20,22H,10H2,1-2H3. The molecule has 0 saturated heterocycles. The number of methoxy groups -OCH3 is 1. The van der Waals surface area contributed by atoms with Gasteiger partial charge in [-0.3, -0.25) is 4.98 Å². The van der Waals surface area contributed by atoms with Gasteiger partial charge in [-0.15, -0.1) is 0 Å². The first kappa shape index (κ1) is 15.5. The Bertz CT molecular complexity index is 786. The van der Waals surface area contributed by atoms with Crippen molar-refractivity contribution in [3.8, 4) is 5.75 Å². The monoisotopic (exact) mass is 307 g/mol. The van der Waals surface area contributed by atoms with E-state index < -0.39 is 6.10 Å². The van der Waals surface area contributed by atoms with Gasteiger partial charge >= 0.3 is 0 Å². The van der Waals surface area contributed by atoms with Gasteiger partial charge in [0, 0.05) is 12.4 Å². The van der Waals surface area contributed by atoms with Crippen LogP contribution in [0.25, 0.3) is 10.8 Å². The molecule has 3 nitrogen and oxygen atoms in total. The van der Waals surface area contributed by atoms with Gasteiger partial charge in [0.25, 0.3) is 0 Å². The second-order valence-electron chi connectivity index (χ2n) is 5.96. The Kier molecular flexibility index (Phi) is 4.58. The van der Waals surface area contributed by atoms with Crippen LogP contribution in [0.2, 0.25) is 0 Å². The van der Waals surface area contributed by atoms with E-state index in [-0.39, 0.29) is 5.92 Å². The molecule has 2 unspecified atom stereocenters. The number of hydrogen-bond donors (Lipinski definition) is 1. The van der Waals surface area contributed by atoms with Gasteiger partial charge in [0.05, 0.1) is 13.2 Å². The Labute approximate surface area is 136 Å². The third-order valence-electron chi connectivity index (χ3n) is 4.23. The van der Waals surface area contributed by atoms with Crippen LogP contribution < -0.4 is 4.74 Å². The molecule has 23 heavy (non-hydrogen) atoms. The van der Waals surface area contributed by atoms with Crippen LogP contribution in [-0.2, 0) is 6.42 Å². The fourth-order valence-corrected chi connectivity index (χ4v) is 2.89. The molecule has 2 aromatic carbocycles. The maximum atomic E-state index is 10.5. The lowest BCUT2D eigenvalue weighted by molar-refractivity contribution is 0.117. The zero-order valence-corrected chi connectivity index (χ0v) is 13.4. The van der Waals surface area contributed by atoms with Gasteiger partial charge in [-0.1, -0.05) is 37.3 Å². The van der Waals surface area contributed by atoms with Gasteiger partial charge in [0.2, 0.25) is 0 Å². The van der Waals surface area contributed by atoms with Crippen LogP contribution in [0.1, 0.15) is 24.2 Å². The smallest absolute Gasteiger partial charge is 0.119 e. The van der Waals surface area contributed by atoms with Crippen molar-refractivity contribution in [3.63, 3.8) is 0 Å². The molecule has 0 fully saturated rings. The van der Waals surface area contributed by atoms with E-state index in [0.29, 0.717) is 0 Å². The quantitative estimate of drug-likeness (QED) is 0.770. The zero-order valence-electron chi connectivity index (χ0n) is 13.4. The number of aliphatic hydroxyl groups excluding tert-OH is 1. The van der Waals surface area contributed by atoms with Gasteiger partial charge in [-0.05, 0) is 52.4 Å². The number of ether oxygens (including phenoxy) is 1.